The number of pyridine rings is 1. The molecule has 38 heavy (non-hydrogen) atoms. The topological polar surface area (TPSA) is 132 Å². The number of ether oxygens (including phenoxy) is 3. The Morgan fingerprint density at radius 1 is 1.13 bits per heavy atom. The van der Waals surface area contributed by atoms with Crippen LogP contribution >= 0.6 is 0 Å². The van der Waals surface area contributed by atoms with E-state index in [2.05, 4.69) is 25.5 Å². The lowest BCUT2D eigenvalue weighted by Gasteiger charge is -2.25. The normalized spacial score (nSPS) is 20.6. The summed E-state index contributed by atoms with van der Waals surface area (Å²) in [6.07, 6.45) is 2.72. The monoisotopic (exact) mass is 522 g/mol. The lowest BCUT2D eigenvalue weighted by molar-refractivity contribution is -0.123. The fraction of sp³-hybridized carbons (Fsp3) is 0.423. The minimum Gasteiger partial charge on any atom is -0.456 e. The first-order valence-electron chi connectivity index (χ1n) is 12.4. The molecule has 3 aromatic rings. The maximum absolute atomic E-state index is 13.4. The van der Waals surface area contributed by atoms with Gasteiger partial charge in [-0.3, -0.25) is 19.5 Å². The Bertz CT molecular complexity index is 1280. The van der Waals surface area contributed by atoms with Gasteiger partial charge in [-0.15, -0.1) is 0 Å². The molecule has 0 radical (unpaired) electrons. The van der Waals surface area contributed by atoms with Gasteiger partial charge in [0.25, 0.3) is 5.91 Å². The number of rotatable bonds is 5. The van der Waals surface area contributed by atoms with Crippen LogP contribution in [0.4, 0.5) is 0 Å². The second kappa shape index (κ2) is 11.7. The van der Waals surface area contributed by atoms with E-state index in [9.17, 15) is 9.59 Å². The maximum Gasteiger partial charge on any atom is 0.256 e. The average Bonchev–Trinajstić information content (AvgIpc) is 3.49. The second-order valence-electron chi connectivity index (χ2n) is 9.39. The molecule has 2 atom stereocenters. The molecule has 2 aliphatic rings. The van der Waals surface area contributed by atoms with Gasteiger partial charge in [-0.05, 0) is 30.7 Å². The first-order chi connectivity index (χ1) is 18.5. The third kappa shape index (κ3) is 6.15. The number of aryl methyl sites for hydroxylation is 1. The number of aromatic nitrogens is 3. The van der Waals surface area contributed by atoms with Crippen LogP contribution in [0.25, 0.3) is 0 Å². The van der Waals surface area contributed by atoms with E-state index >= 15 is 0 Å². The Kier molecular flexibility index (Phi) is 7.91. The van der Waals surface area contributed by atoms with Crippen molar-refractivity contribution in [2.75, 3.05) is 39.9 Å². The van der Waals surface area contributed by atoms with Crippen LogP contribution in [0.15, 0.2) is 47.4 Å². The minimum absolute atomic E-state index is 0.137. The number of hydrogen-bond donors (Lipinski definition) is 1. The van der Waals surface area contributed by atoms with Crippen LogP contribution in [0.2, 0.25) is 0 Å². The molecule has 2 aromatic heterocycles. The van der Waals surface area contributed by atoms with Gasteiger partial charge in [0.2, 0.25) is 5.91 Å². The highest BCUT2D eigenvalue weighted by atomic mass is 16.6. The number of nitrogens with zero attached hydrogens (tertiary/aromatic N) is 5. The number of carbonyl (C=O) groups is 2. The fourth-order valence-corrected chi connectivity index (χ4v) is 4.59. The van der Waals surface area contributed by atoms with Crippen molar-refractivity contribution in [2.24, 2.45) is 0 Å². The first kappa shape index (κ1) is 25.8. The number of benzene rings is 1. The molecule has 1 saturated heterocycles. The van der Waals surface area contributed by atoms with Crippen molar-refractivity contribution in [3.8, 4) is 11.5 Å². The summed E-state index contributed by atoms with van der Waals surface area (Å²) in [6.45, 7) is 4.21. The van der Waals surface area contributed by atoms with Gasteiger partial charge in [0.1, 0.15) is 22.9 Å². The summed E-state index contributed by atoms with van der Waals surface area (Å²) in [5.74, 6) is 0.392. The third-order valence-corrected chi connectivity index (χ3v) is 6.55. The van der Waals surface area contributed by atoms with Crippen LogP contribution in [0.3, 0.4) is 0 Å². The van der Waals surface area contributed by atoms with Gasteiger partial charge in [0, 0.05) is 39.5 Å². The zero-order chi connectivity index (χ0) is 26.5. The highest BCUT2D eigenvalue weighted by Crippen LogP contribution is 2.25. The molecule has 200 valence electrons. The molecule has 1 aromatic carbocycles. The second-order valence-corrected chi connectivity index (χ2v) is 9.39. The zero-order valence-electron chi connectivity index (χ0n) is 21.3. The van der Waals surface area contributed by atoms with Crippen LogP contribution in [-0.2, 0) is 27.4 Å². The van der Waals surface area contributed by atoms with Gasteiger partial charge >= 0.3 is 0 Å². The van der Waals surface area contributed by atoms with Crippen molar-refractivity contribution in [2.45, 2.75) is 32.2 Å². The number of likely N-dealkylation sites (tertiary alicyclic amines) is 1. The molecular formula is C26H30N6O6. The summed E-state index contributed by atoms with van der Waals surface area (Å²) in [5.41, 5.74) is 2.70. The van der Waals surface area contributed by atoms with E-state index in [0.717, 1.165) is 17.0 Å². The van der Waals surface area contributed by atoms with Crippen LogP contribution < -0.4 is 10.1 Å². The molecule has 4 bridgehead atoms. The Balaban J connectivity index is 1.42. The van der Waals surface area contributed by atoms with Gasteiger partial charge in [0.05, 0.1) is 43.7 Å². The van der Waals surface area contributed by atoms with Crippen LogP contribution in [0.1, 0.15) is 27.3 Å². The molecule has 0 aliphatic carbocycles. The highest BCUT2D eigenvalue weighted by molar-refractivity contribution is 5.96. The Morgan fingerprint density at radius 3 is 2.84 bits per heavy atom. The predicted molar refractivity (Wildman–Crippen MR) is 133 cm³/mol. The van der Waals surface area contributed by atoms with Crippen molar-refractivity contribution in [1.29, 1.82) is 0 Å². The number of fused-ring (bicyclic) bond motifs is 5. The van der Waals surface area contributed by atoms with E-state index in [4.69, 9.17) is 18.8 Å². The van der Waals surface area contributed by atoms with Gasteiger partial charge in [-0.25, -0.2) is 4.63 Å². The lowest BCUT2D eigenvalue weighted by Crippen LogP contribution is -2.49. The van der Waals surface area contributed by atoms with E-state index in [-0.39, 0.29) is 43.7 Å². The average molecular weight is 523 g/mol. The van der Waals surface area contributed by atoms with Crippen LogP contribution in [0, 0.1) is 6.92 Å². The summed E-state index contributed by atoms with van der Waals surface area (Å²) < 4.78 is 22.3. The standard InChI is InChI=1S/C26H30N6O6/c1-17-22(30-38-29-17)12-31-13-23-24(14-31)36-16-18-4-3-5-20(8-18)37-21-9-19(10-27-11-21)26(34)32(6-7-35-2)15-25(33)28-23/h3-5,8-11,23-24H,6-7,12-16H2,1-2H3,(H,28,33)/t23-,24-/m0/s1. The van der Waals surface area contributed by atoms with Crippen molar-refractivity contribution < 1.29 is 28.4 Å². The number of nitrogens with one attached hydrogen (secondary N) is 1. The van der Waals surface area contributed by atoms with Gasteiger partial charge in [-0.1, -0.05) is 22.4 Å². The summed E-state index contributed by atoms with van der Waals surface area (Å²) in [6, 6.07) is 8.88. The Hall–Kier alpha value is -3.87. The summed E-state index contributed by atoms with van der Waals surface area (Å²) >= 11 is 0. The van der Waals surface area contributed by atoms with E-state index in [0.29, 0.717) is 43.3 Å². The molecule has 2 amide bonds. The number of hydrogen-bond acceptors (Lipinski definition) is 10. The van der Waals surface area contributed by atoms with E-state index in [1.165, 1.54) is 11.1 Å². The van der Waals surface area contributed by atoms with Crippen molar-refractivity contribution in [3.63, 3.8) is 0 Å². The van der Waals surface area contributed by atoms with Crippen LogP contribution in [0.5, 0.6) is 11.5 Å². The van der Waals surface area contributed by atoms with E-state index < -0.39 is 0 Å². The SMILES string of the molecule is COCCN1CC(=O)N[C@H]2CN(Cc3nonc3C)C[C@@H]2OCc2cccc(c2)Oc2cncc(c2)C1=O. The van der Waals surface area contributed by atoms with Gasteiger partial charge in [0.15, 0.2) is 0 Å². The highest BCUT2D eigenvalue weighted by Gasteiger charge is 2.36. The first-order valence-corrected chi connectivity index (χ1v) is 12.4. The number of amides is 2. The molecule has 2 aliphatic heterocycles. The lowest BCUT2D eigenvalue weighted by atomic mass is 10.2. The van der Waals surface area contributed by atoms with Crippen molar-refractivity contribution in [3.05, 3.63) is 65.2 Å². The number of carbonyl (C=O) groups excluding carboxylic acids is 2. The zero-order valence-corrected chi connectivity index (χ0v) is 21.3. The summed E-state index contributed by atoms with van der Waals surface area (Å²) in [4.78, 5) is 34.3. The quantitative estimate of drug-likeness (QED) is 0.526. The maximum atomic E-state index is 13.4. The third-order valence-electron chi connectivity index (χ3n) is 6.55. The van der Waals surface area contributed by atoms with E-state index in [1.807, 2.05) is 31.2 Å². The molecular weight excluding hydrogens is 492 g/mol. The minimum atomic E-state index is -0.342. The molecule has 12 heteroatoms. The predicted octanol–water partition coefficient (Wildman–Crippen LogP) is 1.55. The largest absolute Gasteiger partial charge is 0.456 e. The Labute approximate surface area is 219 Å². The molecule has 12 nitrogen and oxygen atoms in total. The summed E-state index contributed by atoms with van der Waals surface area (Å²) in [5, 5.41) is 10.9. The fourth-order valence-electron chi connectivity index (χ4n) is 4.59. The van der Waals surface area contributed by atoms with Gasteiger partial charge in [-0.2, -0.15) is 0 Å². The molecule has 5 rings (SSSR count). The number of methoxy groups -OCH3 is 1. The molecule has 0 unspecified atom stereocenters. The van der Waals surface area contributed by atoms with Crippen molar-refractivity contribution >= 4 is 11.8 Å². The Morgan fingerprint density at radius 2 is 2.03 bits per heavy atom. The molecule has 0 spiro atoms. The molecule has 0 saturated carbocycles. The molecule has 1 N–H and O–H groups in total. The molecule has 1 fully saturated rings. The van der Waals surface area contributed by atoms with E-state index in [1.54, 1.807) is 19.4 Å². The molecule has 4 heterocycles. The van der Waals surface area contributed by atoms with Crippen LogP contribution in [-0.4, -0.2) is 89.0 Å². The summed E-state index contributed by atoms with van der Waals surface area (Å²) in [7, 11) is 1.55. The van der Waals surface area contributed by atoms with Crippen molar-refractivity contribution in [1.82, 2.24) is 30.4 Å². The van der Waals surface area contributed by atoms with Gasteiger partial charge < -0.3 is 24.4 Å². The smallest absolute Gasteiger partial charge is 0.256 e.